The molecule has 3 atom stereocenters. The molecule has 156 valence electrons. The van der Waals surface area contributed by atoms with Gasteiger partial charge in [0.25, 0.3) is 0 Å². The highest BCUT2D eigenvalue weighted by Crippen LogP contribution is 2.51. The van der Waals surface area contributed by atoms with Crippen molar-refractivity contribution in [1.29, 1.82) is 0 Å². The van der Waals surface area contributed by atoms with Crippen LogP contribution in [0.3, 0.4) is 0 Å². The Kier molecular flexibility index (Phi) is 3.63. The zero-order valence-electron chi connectivity index (χ0n) is 17.6. The summed E-state index contributed by atoms with van der Waals surface area (Å²) in [7, 11) is 0. The van der Waals surface area contributed by atoms with Gasteiger partial charge in [0.1, 0.15) is 18.7 Å². The molecule has 5 heterocycles. The van der Waals surface area contributed by atoms with Crippen LogP contribution in [-0.4, -0.2) is 33.2 Å². The van der Waals surface area contributed by atoms with Crippen molar-refractivity contribution >= 4 is 22.6 Å². The Morgan fingerprint density at radius 1 is 0.875 bits per heavy atom. The van der Waals surface area contributed by atoms with E-state index in [2.05, 4.69) is 110 Å². The summed E-state index contributed by atoms with van der Waals surface area (Å²) >= 11 is 0. The number of allylic oxidation sites excluding steroid dienone is 4. The number of rotatable bonds is 2. The van der Waals surface area contributed by atoms with E-state index in [4.69, 9.17) is 0 Å². The van der Waals surface area contributed by atoms with Crippen molar-refractivity contribution in [2.45, 2.75) is 25.3 Å². The largest absolute Gasteiger partial charge is 0.329 e. The minimum absolute atomic E-state index is 0.170. The first-order valence-corrected chi connectivity index (χ1v) is 10.9. The molecule has 4 aliphatic rings. The number of benzene rings is 2. The van der Waals surface area contributed by atoms with Gasteiger partial charge < -0.3 is 14.7 Å². The lowest BCUT2D eigenvalue weighted by Gasteiger charge is -2.33. The van der Waals surface area contributed by atoms with Gasteiger partial charge in [0, 0.05) is 35.5 Å². The maximum absolute atomic E-state index is 4.21. The van der Waals surface area contributed by atoms with Crippen LogP contribution in [0.15, 0.2) is 103 Å². The molecule has 1 aromatic heterocycles. The zero-order valence-corrected chi connectivity index (χ0v) is 17.6. The Morgan fingerprint density at radius 2 is 1.59 bits per heavy atom. The van der Waals surface area contributed by atoms with Gasteiger partial charge in [0.05, 0.1) is 23.1 Å². The van der Waals surface area contributed by atoms with Crippen LogP contribution in [0.25, 0.3) is 5.57 Å². The van der Waals surface area contributed by atoms with Gasteiger partial charge in [-0.2, -0.15) is 0 Å². The molecule has 3 unspecified atom stereocenters. The van der Waals surface area contributed by atoms with Crippen molar-refractivity contribution in [2.24, 2.45) is 0 Å². The second-order valence-electron chi connectivity index (χ2n) is 8.54. The fourth-order valence-corrected chi connectivity index (χ4v) is 5.29. The first-order valence-electron chi connectivity index (χ1n) is 10.9. The van der Waals surface area contributed by atoms with Crippen molar-refractivity contribution in [1.82, 2.24) is 20.2 Å². The van der Waals surface area contributed by atoms with Crippen LogP contribution < -0.4 is 15.1 Å². The molecule has 0 bridgehead atoms. The molecule has 1 N–H and O–H groups in total. The predicted octanol–water partition coefficient (Wildman–Crippen LogP) is 4.22. The molecule has 7 rings (SSSR count). The number of para-hydroxylation sites is 3. The van der Waals surface area contributed by atoms with Crippen molar-refractivity contribution in [3.8, 4) is 0 Å². The lowest BCUT2D eigenvalue weighted by Crippen LogP contribution is -2.45. The maximum atomic E-state index is 4.21. The zero-order chi connectivity index (χ0) is 21.2. The summed E-state index contributed by atoms with van der Waals surface area (Å²) in [6.07, 6.45) is 12.4. The van der Waals surface area contributed by atoms with Crippen LogP contribution in [0, 0.1) is 0 Å². The smallest absolute Gasteiger partial charge is 0.130 e. The number of aromatic nitrogens is 2. The number of hydrogen-bond acceptors (Lipinski definition) is 6. The lowest BCUT2D eigenvalue weighted by atomic mass is 10.0. The van der Waals surface area contributed by atoms with Crippen molar-refractivity contribution in [3.63, 3.8) is 0 Å². The van der Waals surface area contributed by atoms with Crippen LogP contribution in [-0.2, 0) is 0 Å². The van der Waals surface area contributed by atoms with Crippen LogP contribution in [0.5, 0.6) is 0 Å². The summed E-state index contributed by atoms with van der Waals surface area (Å²) in [6, 6.07) is 19.7. The highest BCUT2D eigenvalue weighted by molar-refractivity contribution is 5.87. The van der Waals surface area contributed by atoms with E-state index >= 15 is 0 Å². The molecule has 0 aliphatic carbocycles. The van der Waals surface area contributed by atoms with Crippen molar-refractivity contribution in [2.75, 3.05) is 9.80 Å². The molecule has 32 heavy (non-hydrogen) atoms. The van der Waals surface area contributed by atoms with Gasteiger partial charge in [-0.05, 0) is 48.9 Å². The van der Waals surface area contributed by atoms with Gasteiger partial charge in [-0.1, -0.05) is 30.3 Å². The first kappa shape index (κ1) is 17.7. The molecule has 0 amide bonds. The standard InChI is InChI=1S/C26H22N6/c1-17-23-13-18(19-14-27-16-28-15-19)11-12-30(23)25-24(29-25)26-31(17)21-9-5-6-10-22(21)32(26)20-7-3-2-4-8-20/h2-16,24-26,29H,1H3. The van der Waals surface area contributed by atoms with Crippen molar-refractivity contribution in [3.05, 3.63) is 109 Å². The number of nitrogens with zero attached hydrogens (tertiary/aromatic N) is 5. The van der Waals surface area contributed by atoms with Gasteiger partial charge in [-0.25, -0.2) is 9.97 Å². The van der Waals surface area contributed by atoms with E-state index in [1.807, 2.05) is 12.4 Å². The molecular formula is C26H22N6. The van der Waals surface area contributed by atoms with Gasteiger partial charge in [0.2, 0.25) is 0 Å². The summed E-state index contributed by atoms with van der Waals surface area (Å²) in [6.45, 7) is 2.24. The first-order chi connectivity index (χ1) is 15.8. The summed E-state index contributed by atoms with van der Waals surface area (Å²) < 4.78 is 0. The quantitative estimate of drug-likeness (QED) is 0.629. The third kappa shape index (κ3) is 2.44. The lowest BCUT2D eigenvalue weighted by molar-refractivity contribution is 0.447. The van der Waals surface area contributed by atoms with Crippen LogP contribution >= 0.6 is 0 Å². The van der Waals surface area contributed by atoms with E-state index in [0.29, 0.717) is 6.04 Å². The van der Waals surface area contributed by atoms with Gasteiger partial charge >= 0.3 is 0 Å². The SMILES string of the molecule is CC1=C2C=C(c3cncnc3)C=CN2C2NC2C2N1c1ccccc1N2c1ccccc1. The molecule has 0 spiro atoms. The van der Waals surface area contributed by atoms with Gasteiger partial charge in [0.15, 0.2) is 0 Å². The van der Waals surface area contributed by atoms with E-state index in [0.717, 1.165) is 11.1 Å². The minimum atomic E-state index is 0.170. The van der Waals surface area contributed by atoms with E-state index in [1.165, 1.54) is 28.5 Å². The minimum Gasteiger partial charge on any atom is -0.329 e. The molecular weight excluding hydrogens is 396 g/mol. The molecule has 2 aromatic carbocycles. The predicted molar refractivity (Wildman–Crippen MR) is 126 cm³/mol. The Hall–Kier alpha value is -3.90. The second kappa shape index (κ2) is 6.55. The molecule has 0 saturated carbocycles. The van der Waals surface area contributed by atoms with Crippen LogP contribution in [0.1, 0.15) is 12.5 Å². The van der Waals surface area contributed by atoms with E-state index in [9.17, 15) is 0 Å². The molecule has 0 radical (unpaired) electrons. The van der Waals surface area contributed by atoms with Gasteiger partial charge in [-0.3, -0.25) is 5.32 Å². The molecule has 3 aromatic rings. The fourth-order valence-electron chi connectivity index (χ4n) is 5.29. The second-order valence-corrected chi connectivity index (χ2v) is 8.54. The van der Waals surface area contributed by atoms with Gasteiger partial charge in [-0.15, -0.1) is 0 Å². The number of anilines is 3. The summed E-state index contributed by atoms with van der Waals surface area (Å²) in [5.74, 6) is 0. The number of nitrogens with one attached hydrogen (secondary N) is 1. The third-order valence-electron chi connectivity index (χ3n) is 6.79. The Balaban J connectivity index is 1.41. The number of hydrogen-bond donors (Lipinski definition) is 1. The monoisotopic (exact) mass is 418 g/mol. The van der Waals surface area contributed by atoms with Crippen LogP contribution in [0.4, 0.5) is 17.1 Å². The molecule has 6 nitrogen and oxygen atoms in total. The average Bonchev–Trinajstić information content (AvgIpc) is 3.59. The van der Waals surface area contributed by atoms with E-state index in [1.54, 1.807) is 6.33 Å². The van der Waals surface area contributed by atoms with Crippen molar-refractivity contribution < 1.29 is 0 Å². The van der Waals surface area contributed by atoms with Crippen LogP contribution in [0.2, 0.25) is 0 Å². The Labute approximate surface area is 186 Å². The van der Waals surface area contributed by atoms with E-state index < -0.39 is 0 Å². The summed E-state index contributed by atoms with van der Waals surface area (Å²) in [4.78, 5) is 15.8. The maximum Gasteiger partial charge on any atom is 0.130 e. The molecule has 4 aliphatic heterocycles. The molecule has 1 fully saturated rings. The topological polar surface area (TPSA) is 57.4 Å². The highest BCUT2D eigenvalue weighted by atomic mass is 15.5. The molecule has 6 heteroatoms. The third-order valence-corrected chi connectivity index (χ3v) is 6.79. The average molecular weight is 419 g/mol. The molecule has 1 saturated heterocycles. The summed E-state index contributed by atoms with van der Waals surface area (Å²) in [5, 5.41) is 3.75. The number of fused-ring (bicyclic) bond motifs is 7. The highest BCUT2D eigenvalue weighted by Gasteiger charge is 2.57. The Bertz CT molecular complexity index is 1300. The normalized spacial score (nSPS) is 25.0. The van der Waals surface area contributed by atoms with E-state index in [-0.39, 0.29) is 12.3 Å². The Morgan fingerprint density at radius 3 is 2.38 bits per heavy atom. The fraction of sp³-hybridized carbons (Fsp3) is 0.154. The summed E-state index contributed by atoms with van der Waals surface area (Å²) in [5.41, 5.74) is 8.31.